The maximum atomic E-state index is 6.63. The van der Waals surface area contributed by atoms with Gasteiger partial charge in [0.2, 0.25) is 0 Å². The molecule has 0 radical (unpaired) electrons. The topological polar surface area (TPSA) is 26.0 Å². The molecule has 1 aliphatic carbocycles. The first kappa shape index (κ1) is 13.6. The predicted octanol–water partition coefficient (Wildman–Crippen LogP) is 4.56. The summed E-state index contributed by atoms with van der Waals surface area (Å²) < 4.78 is 0. The summed E-state index contributed by atoms with van der Waals surface area (Å²) in [6, 6.07) is 8.98. The van der Waals surface area contributed by atoms with Gasteiger partial charge in [0.1, 0.15) is 0 Å². The molecule has 0 saturated heterocycles. The molecule has 0 aliphatic heterocycles. The van der Waals surface area contributed by atoms with Crippen molar-refractivity contribution in [3.63, 3.8) is 0 Å². The first-order chi connectivity index (χ1) is 8.32. The molecule has 1 fully saturated rings. The summed E-state index contributed by atoms with van der Waals surface area (Å²) in [5.74, 6) is 0.595. The smallest absolute Gasteiger partial charge is 0.0410 e. The lowest BCUT2D eigenvalue weighted by Crippen LogP contribution is -2.42. The average Bonchev–Trinajstić information content (AvgIpc) is 2.34. The van der Waals surface area contributed by atoms with Gasteiger partial charge in [0.25, 0.3) is 0 Å². The predicted molar refractivity (Wildman–Crippen MR) is 78.6 cm³/mol. The van der Waals surface area contributed by atoms with Gasteiger partial charge in [-0.1, -0.05) is 52.0 Å². The Labute approximate surface area is 112 Å². The molecule has 0 bridgehead atoms. The van der Waals surface area contributed by atoms with Crippen LogP contribution in [0.4, 0.5) is 0 Å². The van der Waals surface area contributed by atoms with Crippen molar-refractivity contribution in [3.8, 4) is 0 Å². The van der Waals surface area contributed by atoms with E-state index < -0.39 is 0 Å². The zero-order valence-electron chi connectivity index (χ0n) is 12.3. The number of nitrogens with two attached hydrogens (primary N) is 1. The molecule has 2 rings (SSSR count). The van der Waals surface area contributed by atoms with E-state index in [9.17, 15) is 0 Å². The zero-order chi connectivity index (χ0) is 13.4. The van der Waals surface area contributed by atoms with Crippen molar-refractivity contribution in [2.24, 2.45) is 11.1 Å². The minimum absolute atomic E-state index is 0.0922. The summed E-state index contributed by atoms with van der Waals surface area (Å²) in [6.07, 6.45) is 4.69. The Morgan fingerprint density at radius 2 is 1.44 bits per heavy atom. The van der Waals surface area contributed by atoms with Crippen LogP contribution < -0.4 is 5.73 Å². The summed E-state index contributed by atoms with van der Waals surface area (Å²) in [5.41, 5.74) is 9.73. The fraction of sp³-hybridized carbons (Fsp3) is 0.647. The minimum Gasteiger partial charge on any atom is -0.321 e. The monoisotopic (exact) mass is 245 g/mol. The molecular weight excluding hydrogens is 218 g/mol. The molecule has 1 nitrogen and oxygen atoms in total. The largest absolute Gasteiger partial charge is 0.321 e. The maximum Gasteiger partial charge on any atom is 0.0410 e. The summed E-state index contributed by atoms with van der Waals surface area (Å²) in [4.78, 5) is 0. The van der Waals surface area contributed by atoms with E-state index in [4.69, 9.17) is 5.73 Å². The highest BCUT2D eigenvalue weighted by atomic mass is 14.8. The van der Waals surface area contributed by atoms with Crippen LogP contribution in [-0.4, -0.2) is 0 Å². The van der Waals surface area contributed by atoms with Crippen LogP contribution in [0.1, 0.15) is 70.4 Å². The first-order valence-corrected chi connectivity index (χ1v) is 7.22. The van der Waals surface area contributed by atoms with Gasteiger partial charge in [-0.2, -0.15) is 0 Å². The third kappa shape index (κ3) is 2.77. The van der Waals surface area contributed by atoms with Crippen LogP contribution in [0.3, 0.4) is 0 Å². The molecule has 1 aromatic rings. The third-order valence-electron chi connectivity index (χ3n) is 4.65. The molecule has 2 N–H and O–H groups in total. The molecule has 0 amide bonds. The van der Waals surface area contributed by atoms with E-state index in [2.05, 4.69) is 52.0 Å². The lowest BCUT2D eigenvalue weighted by atomic mass is 9.67. The second-order valence-corrected chi connectivity index (χ2v) is 7.10. The summed E-state index contributed by atoms with van der Waals surface area (Å²) in [7, 11) is 0. The standard InChI is InChI=1S/C17H27N/c1-13(2)14-5-7-15(8-6-14)17(18)11-9-16(3,4)10-12-17/h5-8,13H,9-12,18H2,1-4H3. The Bertz CT molecular complexity index is 390. The molecule has 18 heavy (non-hydrogen) atoms. The van der Waals surface area contributed by atoms with Gasteiger partial charge >= 0.3 is 0 Å². The van der Waals surface area contributed by atoms with Crippen LogP contribution in [0, 0.1) is 5.41 Å². The van der Waals surface area contributed by atoms with Gasteiger partial charge in [0.05, 0.1) is 0 Å². The molecule has 1 saturated carbocycles. The van der Waals surface area contributed by atoms with Gasteiger partial charge in [0, 0.05) is 5.54 Å². The molecule has 1 heteroatoms. The van der Waals surface area contributed by atoms with Crippen molar-refractivity contribution in [2.75, 3.05) is 0 Å². The van der Waals surface area contributed by atoms with Crippen LogP contribution in [0.5, 0.6) is 0 Å². The highest BCUT2D eigenvalue weighted by molar-refractivity contribution is 5.30. The van der Waals surface area contributed by atoms with Crippen LogP contribution >= 0.6 is 0 Å². The molecule has 0 spiro atoms. The number of benzene rings is 1. The fourth-order valence-corrected chi connectivity index (χ4v) is 2.86. The van der Waals surface area contributed by atoms with Crippen LogP contribution in [-0.2, 0) is 5.54 Å². The van der Waals surface area contributed by atoms with E-state index in [1.807, 2.05) is 0 Å². The van der Waals surface area contributed by atoms with E-state index in [0.717, 1.165) is 12.8 Å². The van der Waals surface area contributed by atoms with Gasteiger partial charge in [-0.25, -0.2) is 0 Å². The van der Waals surface area contributed by atoms with Gasteiger partial charge in [-0.3, -0.25) is 0 Å². The highest BCUT2D eigenvalue weighted by Crippen LogP contribution is 2.43. The van der Waals surface area contributed by atoms with Crippen molar-refractivity contribution in [1.29, 1.82) is 0 Å². The number of hydrogen-bond donors (Lipinski definition) is 1. The van der Waals surface area contributed by atoms with Crippen LogP contribution in [0.2, 0.25) is 0 Å². The average molecular weight is 245 g/mol. The van der Waals surface area contributed by atoms with Crippen molar-refractivity contribution >= 4 is 0 Å². The Balaban J connectivity index is 2.16. The van der Waals surface area contributed by atoms with E-state index in [0.29, 0.717) is 11.3 Å². The van der Waals surface area contributed by atoms with Crippen molar-refractivity contribution in [2.45, 2.75) is 64.8 Å². The van der Waals surface area contributed by atoms with Gasteiger partial charge in [0.15, 0.2) is 0 Å². The quantitative estimate of drug-likeness (QED) is 0.812. The molecule has 0 unspecified atom stereocenters. The first-order valence-electron chi connectivity index (χ1n) is 7.22. The Morgan fingerprint density at radius 1 is 0.944 bits per heavy atom. The SMILES string of the molecule is CC(C)c1ccc(C2(N)CCC(C)(C)CC2)cc1. The third-order valence-corrected chi connectivity index (χ3v) is 4.65. The summed E-state index contributed by atoms with van der Waals surface area (Å²) >= 11 is 0. The molecule has 0 atom stereocenters. The van der Waals surface area contributed by atoms with Crippen molar-refractivity contribution in [3.05, 3.63) is 35.4 Å². The molecule has 100 valence electrons. The Hall–Kier alpha value is -0.820. The second-order valence-electron chi connectivity index (χ2n) is 7.10. The molecule has 1 aliphatic rings. The van der Waals surface area contributed by atoms with Crippen LogP contribution in [0.25, 0.3) is 0 Å². The molecular formula is C17H27N. The van der Waals surface area contributed by atoms with E-state index in [1.165, 1.54) is 24.0 Å². The summed E-state index contributed by atoms with van der Waals surface area (Å²) in [6.45, 7) is 9.18. The Morgan fingerprint density at radius 3 is 1.89 bits per heavy atom. The highest BCUT2D eigenvalue weighted by Gasteiger charge is 2.36. The van der Waals surface area contributed by atoms with E-state index >= 15 is 0 Å². The maximum absolute atomic E-state index is 6.63. The second kappa shape index (κ2) is 4.70. The van der Waals surface area contributed by atoms with Crippen molar-refractivity contribution in [1.82, 2.24) is 0 Å². The van der Waals surface area contributed by atoms with E-state index in [-0.39, 0.29) is 5.54 Å². The number of rotatable bonds is 2. The Kier molecular flexibility index (Phi) is 3.55. The lowest BCUT2D eigenvalue weighted by molar-refractivity contribution is 0.165. The van der Waals surface area contributed by atoms with Crippen LogP contribution in [0.15, 0.2) is 24.3 Å². The minimum atomic E-state index is -0.0922. The number of hydrogen-bond acceptors (Lipinski definition) is 1. The zero-order valence-corrected chi connectivity index (χ0v) is 12.3. The molecule has 0 aromatic heterocycles. The van der Waals surface area contributed by atoms with E-state index in [1.54, 1.807) is 0 Å². The van der Waals surface area contributed by atoms with Gasteiger partial charge in [-0.15, -0.1) is 0 Å². The summed E-state index contributed by atoms with van der Waals surface area (Å²) in [5, 5.41) is 0. The molecule has 0 heterocycles. The normalized spacial score (nSPS) is 22.1. The van der Waals surface area contributed by atoms with Crippen molar-refractivity contribution < 1.29 is 0 Å². The van der Waals surface area contributed by atoms with Gasteiger partial charge in [-0.05, 0) is 48.1 Å². The molecule has 1 aromatic carbocycles. The van der Waals surface area contributed by atoms with Gasteiger partial charge < -0.3 is 5.73 Å². The fourth-order valence-electron chi connectivity index (χ4n) is 2.86. The lowest BCUT2D eigenvalue weighted by Gasteiger charge is -2.41.